The van der Waals surface area contributed by atoms with Crippen LogP contribution in [0.4, 0.5) is 5.69 Å². The lowest BCUT2D eigenvalue weighted by molar-refractivity contribution is -0.114. The number of hydrogen-bond acceptors (Lipinski definition) is 4. The van der Waals surface area contributed by atoms with Gasteiger partial charge in [0, 0.05) is 25.2 Å². The van der Waals surface area contributed by atoms with Crippen molar-refractivity contribution in [2.45, 2.75) is 44.8 Å². The van der Waals surface area contributed by atoms with Gasteiger partial charge in [-0.1, -0.05) is 12.8 Å². The van der Waals surface area contributed by atoms with E-state index in [1.807, 2.05) is 0 Å². The first-order chi connectivity index (χ1) is 10.5. The van der Waals surface area contributed by atoms with E-state index in [0.29, 0.717) is 18.3 Å². The minimum absolute atomic E-state index is 0.0981. The Kier molecular flexibility index (Phi) is 6.21. The number of carbonyl (C=O) groups is 1. The number of nitrogens with zero attached hydrogens (tertiary/aromatic N) is 1. The Labute approximate surface area is 132 Å². The molecule has 5 heteroatoms. The Morgan fingerprint density at radius 2 is 2.00 bits per heavy atom. The van der Waals surface area contributed by atoms with E-state index in [1.165, 1.54) is 32.6 Å². The average molecular weight is 306 g/mol. The summed E-state index contributed by atoms with van der Waals surface area (Å²) in [7, 11) is 2.07. The topological polar surface area (TPSA) is 61.8 Å². The molecule has 2 N–H and O–H groups in total. The van der Waals surface area contributed by atoms with Gasteiger partial charge in [-0.15, -0.1) is 0 Å². The Balaban J connectivity index is 1.73. The lowest BCUT2D eigenvalue weighted by Crippen LogP contribution is -2.38. The number of rotatable bonds is 7. The molecule has 1 aromatic carbocycles. The number of likely N-dealkylation sites (N-methyl/N-ethyl adjacent to an activating group) is 1. The van der Waals surface area contributed by atoms with Crippen LogP contribution in [0.15, 0.2) is 24.3 Å². The first-order valence-corrected chi connectivity index (χ1v) is 7.93. The monoisotopic (exact) mass is 306 g/mol. The van der Waals surface area contributed by atoms with E-state index in [4.69, 9.17) is 4.74 Å². The summed E-state index contributed by atoms with van der Waals surface area (Å²) in [5.41, 5.74) is 0.737. The van der Waals surface area contributed by atoms with Crippen molar-refractivity contribution in [2.24, 2.45) is 0 Å². The average Bonchev–Trinajstić information content (AvgIpc) is 3.00. The quantitative estimate of drug-likeness (QED) is 0.811. The van der Waals surface area contributed by atoms with E-state index in [0.717, 1.165) is 5.69 Å². The van der Waals surface area contributed by atoms with Gasteiger partial charge in [-0.05, 0) is 44.2 Å². The molecule has 0 aliphatic heterocycles. The second-order valence-electron chi connectivity index (χ2n) is 6.05. The molecular weight excluding hydrogens is 280 g/mol. The van der Waals surface area contributed by atoms with Crippen molar-refractivity contribution in [3.8, 4) is 5.75 Å². The number of amides is 1. The lowest BCUT2D eigenvalue weighted by Gasteiger charge is -2.26. The third kappa shape index (κ3) is 5.31. The molecule has 0 heterocycles. The first-order valence-electron chi connectivity index (χ1n) is 7.93. The van der Waals surface area contributed by atoms with Crippen LogP contribution in [0.2, 0.25) is 0 Å². The standard InChI is InChI=1S/C17H26N2O3/c1-13(20)18-14-7-9-17(10-8-14)22-12-16(21)11-19(2)15-5-3-4-6-15/h7-10,15-16,21H,3-6,11-12H2,1-2H3,(H,18,20)/t16-/m0/s1. The molecule has 122 valence electrons. The zero-order valence-corrected chi connectivity index (χ0v) is 13.4. The van der Waals surface area contributed by atoms with Crippen molar-refractivity contribution in [1.82, 2.24) is 4.90 Å². The maximum absolute atomic E-state index is 10.9. The fourth-order valence-electron chi connectivity index (χ4n) is 2.91. The highest BCUT2D eigenvalue weighted by atomic mass is 16.5. The molecule has 0 bridgehead atoms. The third-order valence-corrected chi connectivity index (χ3v) is 4.06. The summed E-state index contributed by atoms with van der Waals surface area (Å²) in [4.78, 5) is 13.2. The molecule has 1 fully saturated rings. The number of aliphatic hydroxyl groups is 1. The Hall–Kier alpha value is -1.59. The zero-order chi connectivity index (χ0) is 15.9. The lowest BCUT2D eigenvalue weighted by atomic mass is 10.2. The largest absolute Gasteiger partial charge is 0.491 e. The Bertz CT molecular complexity index is 469. The van der Waals surface area contributed by atoms with E-state index >= 15 is 0 Å². The van der Waals surface area contributed by atoms with Gasteiger partial charge in [0.15, 0.2) is 0 Å². The predicted octanol–water partition coefficient (Wildman–Crippen LogP) is 2.26. The molecule has 0 spiro atoms. The molecule has 1 aliphatic carbocycles. The summed E-state index contributed by atoms with van der Waals surface area (Å²) in [6, 6.07) is 7.75. The van der Waals surface area contributed by atoms with Crippen LogP contribution < -0.4 is 10.1 Å². The van der Waals surface area contributed by atoms with Crippen molar-refractivity contribution < 1.29 is 14.6 Å². The van der Waals surface area contributed by atoms with E-state index < -0.39 is 6.10 Å². The van der Waals surface area contributed by atoms with E-state index in [2.05, 4.69) is 17.3 Å². The van der Waals surface area contributed by atoms with Gasteiger partial charge >= 0.3 is 0 Å². The van der Waals surface area contributed by atoms with Gasteiger partial charge in [-0.25, -0.2) is 0 Å². The summed E-state index contributed by atoms with van der Waals surface area (Å²) in [5, 5.41) is 12.8. The number of nitrogens with one attached hydrogen (secondary N) is 1. The minimum Gasteiger partial charge on any atom is -0.491 e. The van der Waals surface area contributed by atoms with Crippen LogP contribution in [0, 0.1) is 0 Å². The number of ether oxygens (including phenoxy) is 1. The molecule has 1 saturated carbocycles. The Morgan fingerprint density at radius 1 is 1.36 bits per heavy atom. The third-order valence-electron chi connectivity index (χ3n) is 4.06. The minimum atomic E-state index is -0.499. The molecule has 1 atom stereocenters. The molecule has 1 amide bonds. The highest BCUT2D eigenvalue weighted by Crippen LogP contribution is 2.22. The van der Waals surface area contributed by atoms with Gasteiger partial charge in [-0.3, -0.25) is 4.79 Å². The van der Waals surface area contributed by atoms with Gasteiger partial charge in [-0.2, -0.15) is 0 Å². The predicted molar refractivity (Wildman–Crippen MR) is 87.1 cm³/mol. The summed E-state index contributed by atoms with van der Waals surface area (Å²) >= 11 is 0. The molecule has 0 saturated heterocycles. The van der Waals surface area contributed by atoms with Crippen LogP contribution in [0.25, 0.3) is 0 Å². The molecule has 0 aromatic heterocycles. The van der Waals surface area contributed by atoms with Gasteiger partial charge in [0.05, 0.1) is 0 Å². The second-order valence-corrected chi connectivity index (χ2v) is 6.05. The van der Waals surface area contributed by atoms with Crippen molar-refractivity contribution in [1.29, 1.82) is 0 Å². The molecule has 1 aliphatic rings. The molecule has 1 aromatic rings. The van der Waals surface area contributed by atoms with Crippen LogP contribution in [0.1, 0.15) is 32.6 Å². The van der Waals surface area contributed by atoms with E-state index in [1.54, 1.807) is 24.3 Å². The van der Waals surface area contributed by atoms with Crippen LogP contribution in [0.5, 0.6) is 5.75 Å². The van der Waals surface area contributed by atoms with Crippen LogP contribution in [0.3, 0.4) is 0 Å². The molecule has 0 radical (unpaired) electrons. The molecule has 22 heavy (non-hydrogen) atoms. The molecule has 2 rings (SSSR count). The smallest absolute Gasteiger partial charge is 0.221 e. The molecular formula is C17H26N2O3. The number of benzene rings is 1. The van der Waals surface area contributed by atoms with E-state index in [9.17, 15) is 9.90 Å². The number of hydrogen-bond donors (Lipinski definition) is 2. The highest BCUT2D eigenvalue weighted by Gasteiger charge is 2.21. The fourth-order valence-corrected chi connectivity index (χ4v) is 2.91. The normalized spacial score (nSPS) is 16.7. The van der Waals surface area contributed by atoms with Crippen LogP contribution in [-0.2, 0) is 4.79 Å². The summed E-state index contributed by atoms with van der Waals surface area (Å²) < 4.78 is 5.60. The number of aliphatic hydroxyl groups excluding tert-OH is 1. The molecule has 5 nitrogen and oxygen atoms in total. The van der Waals surface area contributed by atoms with Crippen molar-refractivity contribution in [3.05, 3.63) is 24.3 Å². The van der Waals surface area contributed by atoms with Crippen LogP contribution in [-0.4, -0.2) is 48.3 Å². The summed E-state index contributed by atoms with van der Waals surface area (Å²) in [6.07, 6.45) is 4.55. The summed E-state index contributed by atoms with van der Waals surface area (Å²) in [5.74, 6) is 0.593. The Morgan fingerprint density at radius 3 is 2.59 bits per heavy atom. The first kappa shape index (κ1) is 16.8. The zero-order valence-electron chi connectivity index (χ0n) is 13.4. The highest BCUT2D eigenvalue weighted by molar-refractivity contribution is 5.88. The SMILES string of the molecule is CC(=O)Nc1ccc(OC[C@@H](O)CN(C)C2CCCC2)cc1. The summed E-state index contributed by atoms with van der Waals surface area (Å²) in [6.45, 7) is 2.38. The van der Waals surface area contributed by atoms with E-state index in [-0.39, 0.29) is 12.5 Å². The van der Waals surface area contributed by atoms with Gasteiger partial charge in [0.2, 0.25) is 5.91 Å². The van der Waals surface area contributed by atoms with Crippen LogP contribution >= 0.6 is 0 Å². The molecule has 0 unspecified atom stereocenters. The maximum Gasteiger partial charge on any atom is 0.221 e. The maximum atomic E-state index is 10.9. The van der Waals surface area contributed by atoms with Gasteiger partial charge < -0.3 is 20.1 Å². The second kappa shape index (κ2) is 8.15. The fraction of sp³-hybridized carbons (Fsp3) is 0.588. The van der Waals surface area contributed by atoms with Crippen molar-refractivity contribution in [3.63, 3.8) is 0 Å². The van der Waals surface area contributed by atoms with Crippen molar-refractivity contribution in [2.75, 3.05) is 25.5 Å². The number of anilines is 1. The van der Waals surface area contributed by atoms with Gasteiger partial charge in [0.1, 0.15) is 18.5 Å². The number of carbonyl (C=O) groups excluding carboxylic acids is 1. The van der Waals surface area contributed by atoms with Gasteiger partial charge in [0.25, 0.3) is 0 Å². The van der Waals surface area contributed by atoms with Crippen molar-refractivity contribution >= 4 is 11.6 Å².